The molecular formula is C19H27IN4. The third-order valence-electron chi connectivity index (χ3n) is 4.56. The third kappa shape index (κ3) is 5.54. The zero-order valence-corrected chi connectivity index (χ0v) is 16.6. The van der Waals surface area contributed by atoms with Gasteiger partial charge in [-0.25, -0.2) is 0 Å². The van der Waals surface area contributed by atoms with E-state index in [4.69, 9.17) is 0 Å². The summed E-state index contributed by atoms with van der Waals surface area (Å²) in [4.78, 5) is 4.33. The molecule has 1 saturated carbocycles. The van der Waals surface area contributed by atoms with Gasteiger partial charge in [0.1, 0.15) is 0 Å². The quantitative estimate of drug-likeness (QED) is 0.396. The number of nitrogens with zero attached hydrogens (tertiary/aromatic N) is 2. The van der Waals surface area contributed by atoms with Crippen LogP contribution in [0.5, 0.6) is 0 Å². The molecule has 130 valence electrons. The van der Waals surface area contributed by atoms with Crippen LogP contribution in [0, 0.1) is 5.41 Å². The average Bonchev–Trinajstić information content (AvgIpc) is 3.14. The van der Waals surface area contributed by atoms with Gasteiger partial charge < -0.3 is 15.2 Å². The first-order valence-electron chi connectivity index (χ1n) is 8.39. The van der Waals surface area contributed by atoms with Gasteiger partial charge in [-0.15, -0.1) is 24.0 Å². The molecule has 2 N–H and O–H groups in total. The molecule has 1 aromatic carbocycles. The summed E-state index contributed by atoms with van der Waals surface area (Å²) in [7, 11) is 1.84. The van der Waals surface area contributed by atoms with E-state index in [2.05, 4.69) is 62.9 Å². The molecule has 1 aromatic heterocycles. The summed E-state index contributed by atoms with van der Waals surface area (Å²) in [6.07, 6.45) is 7.92. The molecule has 3 rings (SSSR count). The zero-order chi connectivity index (χ0) is 16.0. The number of nitrogens with one attached hydrogen (secondary N) is 2. The first-order valence-corrected chi connectivity index (χ1v) is 8.39. The zero-order valence-electron chi connectivity index (χ0n) is 14.2. The van der Waals surface area contributed by atoms with Crippen molar-refractivity contribution < 1.29 is 0 Å². The molecule has 0 unspecified atom stereocenters. The lowest BCUT2D eigenvalue weighted by atomic mass is 9.96. The minimum Gasteiger partial charge on any atom is -0.356 e. The summed E-state index contributed by atoms with van der Waals surface area (Å²) in [5.74, 6) is 0.900. The molecule has 0 saturated heterocycles. The van der Waals surface area contributed by atoms with Gasteiger partial charge in [-0.1, -0.05) is 30.3 Å². The molecule has 0 radical (unpaired) electrons. The van der Waals surface area contributed by atoms with Crippen molar-refractivity contribution in [2.45, 2.75) is 25.8 Å². The maximum atomic E-state index is 4.33. The van der Waals surface area contributed by atoms with Gasteiger partial charge in [0.2, 0.25) is 0 Å². The fraction of sp³-hybridized carbons (Fsp3) is 0.421. The van der Waals surface area contributed by atoms with Gasteiger partial charge in [-0.05, 0) is 42.4 Å². The molecule has 1 heterocycles. The number of rotatable bonds is 7. The van der Waals surface area contributed by atoms with Gasteiger partial charge in [0.05, 0.1) is 0 Å². The number of guanidine groups is 1. The number of hydrogen-bond donors (Lipinski definition) is 2. The highest BCUT2D eigenvalue weighted by Crippen LogP contribution is 2.47. The lowest BCUT2D eigenvalue weighted by Crippen LogP contribution is -2.41. The van der Waals surface area contributed by atoms with E-state index >= 15 is 0 Å². The summed E-state index contributed by atoms with van der Waals surface area (Å²) < 4.78 is 2.16. The Morgan fingerprint density at radius 3 is 2.42 bits per heavy atom. The highest BCUT2D eigenvalue weighted by molar-refractivity contribution is 14.0. The van der Waals surface area contributed by atoms with Crippen LogP contribution in [0.25, 0.3) is 0 Å². The van der Waals surface area contributed by atoms with Gasteiger partial charge in [0.15, 0.2) is 5.96 Å². The first kappa shape index (κ1) is 18.8. The topological polar surface area (TPSA) is 41.4 Å². The smallest absolute Gasteiger partial charge is 0.191 e. The second-order valence-electron chi connectivity index (χ2n) is 6.44. The summed E-state index contributed by atoms with van der Waals surface area (Å²) >= 11 is 0. The number of benzene rings is 1. The van der Waals surface area contributed by atoms with Crippen LogP contribution < -0.4 is 10.6 Å². The van der Waals surface area contributed by atoms with Crippen LogP contribution in [0.1, 0.15) is 18.4 Å². The van der Waals surface area contributed by atoms with Crippen molar-refractivity contribution in [3.05, 3.63) is 60.4 Å². The maximum absolute atomic E-state index is 4.33. The van der Waals surface area contributed by atoms with Crippen molar-refractivity contribution in [2.75, 3.05) is 20.1 Å². The molecule has 0 bridgehead atoms. The summed E-state index contributed by atoms with van der Waals surface area (Å²) in [6.45, 7) is 2.81. The molecule has 1 aliphatic carbocycles. The van der Waals surface area contributed by atoms with Crippen molar-refractivity contribution in [3.8, 4) is 0 Å². The van der Waals surface area contributed by atoms with E-state index in [1.165, 1.54) is 18.4 Å². The largest absolute Gasteiger partial charge is 0.356 e. The average molecular weight is 438 g/mol. The highest BCUT2D eigenvalue weighted by Gasteiger charge is 2.42. The molecule has 24 heavy (non-hydrogen) atoms. The normalized spacial score (nSPS) is 15.5. The SMILES string of the molecule is CN=C(NCCn1cccc1)NCC1(Cc2ccccc2)CC1.I. The molecule has 0 atom stereocenters. The van der Waals surface area contributed by atoms with Crippen LogP contribution in [0.15, 0.2) is 59.9 Å². The molecule has 1 fully saturated rings. The Kier molecular flexibility index (Phi) is 7.15. The molecule has 4 nitrogen and oxygen atoms in total. The number of halogens is 1. The fourth-order valence-corrected chi connectivity index (χ4v) is 2.94. The molecule has 1 aliphatic rings. The Labute approximate surface area is 161 Å². The molecule has 0 aliphatic heterocycles. The first-order chi connectivity index (χ1) is 11.3. The van der Waals surface area contributed by atoms with Crippen LogP contribution in [0.4, 0.5) is 0 Å². The van der Waals surface area contributed by atoms with E-state index in [1.807, 2.05) is 19.2 Å². The summed E-state index contributed by atoms with van der Waals surface area (Å²) in [5.41, 5.74) is 1.85. The molecule has 2 aromatic rings. The van der Waals surface area contributed by atoms with Crippen LogP contribution in [0.2, 0.25) is 0 Å². The standard InChI is InChI=1S/C19H26N4.HI/c1-20-18(21-11-14-23-12-5-6-13-23)22-16-19(9-10-19)15-17-7-3-2-4-8-17;/h2-8,12-13H,9-11,14-16H2,1H3,(H2,20,21,22);1H. The van der Waals surface area contributed by atoms with Gasteiger partial charge in [-0.2, -0.15) is 0 Å². The maximum Gasteiger partial charge on any atom is 0.191 e. The Hall–Kier alpha value is -1.50. The Bertz CT molecular complexity index is 618. The Morgan fingerprint density at radius 1 is 1.08 bits per heavy atom. The number of aromatic nitrogens is 1. The van der Waals surface area contributed by atoms with Crippen molar-refractivity contribution in [2.24, 2.45) is 10.4 Å². The Balaban J connectivity index is 0.00000208. The molecule has 0 spiro atoms. The number of hydrogen-bond acceptors (Lipinski definition) is 1. The fourth-order valence-electron chi connectivity index (χ4n) is 2.94. The van der Waals surface area contributed by atoms with Crippen molar-refractivity contribution >= 4 is 29.9 Å². The monoisotopic (exact) mass is 438 g/mol. The highest BCUT2D eigenvalue weighted by atomic mass is 127. The summed E-state index contributed by atoms with van der Waals surface area (Å²) in [6, 6.07) is 14.9. The van der Waals surface area contributed by atoms with E-state index in [0.29, 0.717) is 5.41 Å². The van der Waals surface area contributed by atoms with Crippen LogP contribution >= 0.6 is 24.0 Å². The van der Waals surface area contributed by atoms with E-state index in [-0.39, 0.29) is 24.0 Å². The van der Waals surface area contributed by atoms with E-state index < -0.39 is 0 Å². The van der Waals surface area contributed by atoms with Crippen molar-refractivity contribution in [1.29, 1.82) is 0 Å². The second-order valence-corrected chi connectivity index (χ2v) is 6.44. The van der Waals surface area contributed by atoms with E-state index in [1.54, 1.807) is 0 Å². The van der Waals surface area contributed by atoms with Gasteiger partial charge in [-0.3, -0.25) is 4.99 Å². The van der Waals surface area contributed by atoms with E-state index in [9.17, 15) is 0 Å². The lowest BCUT2D eigenvalue weighted by molar-refractivity contribution is 0.491. The van der Waals surface area contributed by atoms with E-state index in [0.717, 1.165) is 32.0 Å². The predicted molar refractivity (Wildman–Crippen MR) is 111 cm³/mol. The van der Waals surface area contributed by atoms with Gasteiger partial charge >= 0.3 is 0 Å². The van der Waals surface area contributed by atoms with Gasteiger partial charge in [0, 0.05) is 39.1 Å². The number of aliphatic imine (C=N–C) groups is 1. The third-order valence-corrected chi connectivity index (χ3v) is 4.56. The Morgan fingerprint density at radius 2 is 1.79 bits per heavy atom. The minimum atomic E-state index is 0. The summed E-state index contributed by atoms with van der Waals surface area (Å²) in [5, 5.41) is 6.89. The van der Waals surface area contributed by atoms with Crippen LogP contribution in [0.3, 0.4) is 0 Å². The van der Waals surface area contributed by atoms with Crippen molar-refractivity contribution in [1.82, 2.24) is 15.2 Å². The van der Waals surface area contributed by atoms with Crippen LogP contribution in [-0.4, -0.2) is 30.7 Å². The minimum absolute atomic E-state index is 0. The van der Waals surface area contributed by atoms with Crippen molar-refractivity contribution in [3.63, 3.8) is 0 Å². The van der Waals surface area contributed by atoms with Gasteiger partial charge in [0.25, 0.3) is 0 Å². The lowest BCUT2D eigenvalue weighted by Gasteiger charge is -2.19. The predicted octanol–water partition coefficient (Wildman–Crippen LogP) is 3.29. The molecule has 5 heteroatoms. The molecule has 0 amide bonds. The second kappa shape index (κ2) is 9.11. The molecular weight excluding hydrogens is 411 g/mol. The van der Waals surface area contributed by atoms with Crippen LogP contribution in [-0.2, 0) is 13.0 Å².